The summed E-state index contributed by atoms with van der Waals surface area (Å²) >= 11 is 1.58. The second-order valence-corrected chi connectivity index (χ2v) is 5.83. The number of benzene rings is 2. The van der Waals surface area contributed by atoms with Crippen LogP contribution in [0.2, 0.25) is 0 Å². The predicted octanol–water partition coefficient (Wildman–Crippen LogP) is 3.97. The molecule has 23 heavy (non-hydrogen) atoms. The first kappa shape index (κ1) is 13.9. The molecule has 2 heterocycles. The number of fused-ring (bicyclic) bond motifs is 1. The summed E-state index contributed by atoms with van der Waals surface area (Å²) in [5.74, 6) is 1.78. The molecule has 0 fully saturated rings. The molecule has 4 aromatic rings. The summed E-state index contributed by atoms with van der Waals surface area (Å²) in [6.07, 6.45) is 1.58. The molecular weight excluding hydrogens is 308 g/mol. The third-order valence-electron chi connectivity index (χ3n) is 3.33. The minimum atomic E-state index is 0.536. The standard InChI is InChI=1S/C17H12N4OS/c1-2-6-12(7-3-1)16-20-15(21-22-16)10-23-17-13-8-4-5-9-14(13)18-11-19-17/h1-9,11H,10H2. The maximum atomic E-state index is 5.32. The lowest BCUT2D eigenvalue weighted by atomic mass is 10.2. The van der Waals surface area contributed by atoms with Crippen LogP contribution in [0.3, 0.4) is 0 Å². The maximum absolute atomic E-state index is 5.32. The van der Waals surface area contributed by atoms with E-state index in [4.69, 9.17) is 4.52 Å². The van der Waals surface area contributed by atoms with Crippen molar-refractivity contribution in [2.75, 3.05) is 0 Å². The maximum Gasteiger partial charge on any atom is 0.257 e. The molecule has 0 spiro atoms. The van der Waals surface area contributed by atoms with E-state index in [1.807, 2.05) is 54.6 Å². The number of aromatic nitrogens is 4. The van der Waals surface area contributed by atoms with E-state index >= 15 is 0 Å². The molecule has 0 unspecified atom stereocenters. The molecule has 0 amide bonds. The molecule has 4 rings (SSSR count). The quantitative estimate of drug-likeness (QED) is 0.419. The highest BCUT2D eigenvalue weighted by molar-refractivity contribution is 7.98. The number of para-hydroxylation sites is 1. The van der Waals surface area contributed by atoms with Gasteiger partial charge in [-0.2, -0.15) is 4.98 Å². The van der Waals surface area contributed by atoms with Crippen LogP contribution in [0.15, 0.2) is 70.5 Å². The molecule has 6 heteroatoms. The number of nitrogens with zero attached hydrogens (tertiary/aromatic N) is 4. The zero-order chi connectivity index (χ0) is 15.5. The van der Waals surface area contributed by atoms with Crippen LogP contribution in [0.25, 0.3) is 22.4 Å². The molecule has 0 aliphatic carbocycles. The van der Waals surface area contributed by atoms with Gasteiger partial charge < -0.3 is 4.52 Å². The van der Waals surface area contributed by atoms with Crippen molar-refractivity contribution >= 4 is 22.7 Å². The first-order valence-corrected chi connectivity index (χ1v) is 8.09. The van der Waals surface area contributed by atoms with Gasteiger partial charge >= 0.3 is 0 Å². The number of thioether (sulfide) groups is 1. The molecule has 0 radical (unpaired) electrons. The van der Waals surface area contributed by atoms with E-state index in [9.17, 15) is 0 Å². The normalized spacial score (nSPS) is 11.0. The van der Waals surface area contributed by atoms with Crippen LogP contribution in [0.1, 0.15) is 5.82 Å². The summed E-state index contributed by atoms with van der Waals surface area (Å²) < 4.78 is 5.32. The Morgan fingerprint density at radius 3 is 2.65 bits per heavy atom. The SMILES string of the molecule is c1ccc(-c2nc(CSc3ncnc4ccccc34)no2)cc1. The van der Waals surface area contributed by atoms with Gasteiger partial charge in [0.2, 0.25) is 0 Å². The van der Waals surface area contributed by atoms with Gasteiger partial charge in [0.05, 0.1) is 11.3 Å². The Kier molecular flexibility index (Phi) is 3.73. The van der Waals surface area contributed by atoms with Gasteiger partial charge in [-0.3, -0.25) is 0 Å². The molecule has 2 aromatic carbocycles. The van der Waals surface area contributed by atoms with Gasteiger partial charge in [0.1, 0.15) is 11.4 Å². The summed E-state index contributed by atoms with van der Waals surface area (Å²) in [6, 6.07) is 17.7. The fraction of sp³-hybridized carbons (Fsp3) is 0.0588. The van der Waals surface area contributed by atoms with E-state index in [0.29, 0.717) is 17.5 Å². The van der Waals surface area contributed by atoms with Gasteiger partial charge in [-0.05, 0) is 18.2 Å². The molecule has 5 nitrogen and oxygen atoms in total. The Bertz CT molecular complexity index is 934. The van der Waals surface area contributed by atoms with Crippen molar-refractivity contribution in [2.45, 2.75) is 10.8 Å². The van der Waals surface area contributed by atoms with Crippen LogP contribution in [-0.2, 0) is 5.75 Å². The lowest BCUT2D eigenvalue weighted by Gasteiger charge is -2.02. The summed E-state index contributed by atoms with van der Waals surface area (Å²) in [7, 11) is 0. The Labute approximate surface area is 136 Å². The number of hydrogen-bond acceptors (Lipinski definition) is 6. The monoisotopic (exact) mass is 320 g/mol. The van der Waals surface area contributed by atoms with Crippen molar-refractivity contribution in [1.82, 2.24) is 20.1 Å². The summed E-state index contributed by atoms with van der Waals surface area (Å²) in [4.78, 5) is 13.1. The zero-order valence-corrected chi connectivity index (χ0v) is 12.9. The number of rotatable bonds is 4. The molecular formula is C17H12N4OS. The van der Waals surface area contributed by atoms with E-state index < -0.39 is 0 Å². The smallest absolute Gasteiger partial charge is 0.257 e. The van der Waals surface area contributed by atoms with E-state index in [2.05, 4.69) is 20.1 Å². The molecule has 0 saturated heterocycles. The molecule has 0 bridgehead atoms. The minimum Gasteiger partial charge on any atom is -0.334 e. The average Bonchev–Trinajstić information content (AvgIpc) is 3.10. The molecule has 112 valence electrons. The molecule has 0 N–H and O–H groups in total. The zero-order valence-electron chi connectivity index (χ0n) is 12.1. The van der Waals surface area contributed by atoms with Crippen LogP contribution >= 0.6 is 11.8 Å². The van der Waals surface area contributed by atoms with E-state index in [-0.39, 0.29) is 0 Å². The molecule has 0 saturated carbocycles. The van der Waals surface area contributed by atoms with Gasteiger partial charge in [-0.15, -0.1) is 0 Å². The van der Waals surface area contributed by atoms with Crippen LogP contribution < -0.4 is 0 Å². The van der Waals surface area contributed by atoms with Crippen LogP contribution in [-0.4, -0.2) is 20.1 Å². The van der Waals surface area contributed by atoms with Crippen molar-refractivity contribution in [3.05, 3.63) is 66.7 Å². The highest BCUT2D eigenvalue weighted by Gasteiger charge is 2.10. The van der Waals surface area contributed by atoms with Gasteiger partial charge in [-0.1, -0.05) is 53.3 Å². The van der Waals surface area contributed by atoms with Crippen LogP contribution in [0, 0.1) is 0 Å². The van der Waals surface area contributed by atoms with Gasteiger partial charge in [0.15, 0.2) is 5.82 Å². The second kappa shape index (κ2) is 6.18. The van der Waals surface area contributed by atoms with E-state index in [1.54, 1.807) is 18.1 Å². The fourth-order valence-corrected chi connectivity index (χ4v) is 3.07. The molecule has 0 aliphatic rings. The first-order valence-electron chi connectivity index (χ1n) is 7.11. The lowest BCUT2D eigenvalue weighted by Crippen LogP contribution is -1.89. The lowest BCUT2D eigenvalue weighted by molar-refractivity contribution is 0.425. The third kappa shape index (κ3) is 2.93. The van der Waals surface area contributed by atoms with Gasteiger partial charge in [0, 0.05) is 10.9 Å². The highest BCUT2D eigenvalue weighted by Crippen LogP contribution is 2.27. The summed E-state index contributed by atoms with van der Waals surface area (Å²) in [5, 5.41) is 5.99. The summed E-state index contributed by atoms with van der Waals surface area (Å²) in [5.41, 5.74) is 1.85. The van der Waals surface area contributed by atoms with E-state index in [1.165, 1.54) is 0 Å². The van der Waals surface area contributed by atoms with Crippen molar-refractivity contribution < 1.29 is 4.52 Å². The van der Waals surface area contributed by atoms with Crippen molar-refractivity contribution in [3.8, 4) is 11.5 Å². The number of hydrogen-bond donors (Lipinski definition) is 0. The largest absolute Gasteiger partial charge is 0.334 e. The minimum absolute atomic E-state index is 0.536. The second-order valence-electron chi connectivity index (χ2n) is 4.87. The van der Waals surface area contributed by atoms with E-state index in [0.717, 1.165) is 21.5 Å². The average molecular weight is 320 g/mol. The molecule has 0 aliphatic heterocycles. The van der Waals surface area contributed by atoms with Crippen molar-refractivity contribution in [3.63, 3.8) is 0 Å². The third-order valence-corrected chi connectivity index (χ3v) is 4.33. The fourth-order valence-electron chi connectivity index (χ4n) is 2.24. The first-order chi connectivity index (χ1) is 11.4. The predicted molar refractivity (Wildman–Crippen MR) is 88.8 cm³/mol. The summed E-state index contributed by atoms with van der Waals surface area (Å²) in [6.45, 7) is 0. The van der Waals surface area contributed by atoms with Gasteiger partial charge in [0.25, 0.3) is 5.89 Å². The Morgan fingerprint density at radius 2 is 1.74 bits per heavy atom. The molecule has 0 atom stereocenters. The van der Waals surface area contributed by atoms with Crippen molar-refractivity contribution in [2.24, 2.45) is 0 Å². The van der Waals surface area contributed by atoms with Crippen molar-refractivity contribution in [1.29, 1.82) is 0 Å². The van der Waals surface area contributed by atoms with Gasteiger partial charge in [-0.25, -0.2) is 9.97 Å². The van der Waals surface area contributed by atoms with Crippen LogP contribution in [0.5, 0.6) is 0 Å². The van der Waals surface area contributed by atoms with Crippen LogP contribution in [0.4, 0.5) is 0 Å². The Morgan fingerprint density at radius 1 is 0.913 bits per heavy atom. The molecule has 2 aromatic heterocycles. The highest BCUT2D eigenvalue weighted by atomic mass is 32.2. The Balaban J connectivity index is 1.54. The Hall–Kier alpha value is -2.73. The topological polar surface area (TPSA) is 64.7 Å².